The molecule has 2 saturated carbocycles. The smallest absolute Gasteiger partial charge is 0.272 e. The molecule has 8 nitrogen and oxygen atoms in total. The highest BCUT2D eigenvalue weighted by Crippen LogP contribution is 2.66. The Morgan fingerprint density at radius 1 is 1.06 bits per heavy atom. The third-order valence-corrected chi connectivity index (χ3v) is 8.23. The molecule has 2 aromatic carbocycles. The normalized spacial score (nSPS) is 23.1. The lowest BCUT2D eigenvalue weighted by atomic mass is 9.49. The summed E-state index contributed by atoms with van der Waals surface area (Å²) in [7, 11) is 0. The molecular weight excluding hydrogens is 452 g/mol. The van der Waals surface area contributed by atoms with Crippen LogP contribution >= 0.6 is 0 Å². The van der Waals surface area contributed by atoms with Crippen LogP contribution in [0.3, 0.4) is 0 Å². The summed E-state index contributed by atoms with van der Waals surface area (Å²) in [5, 5.41) is 14.4. The second kappa shape index (κ2) is 7.40. The summed E-state index contributed by atoms with van der Waals surface area (Å²) in [5.41, 5.74) is 10.4. The van der Waals surface area contributed by atoms with Gasteiger partial charge in [-0.2, -0.15) is 10.2 Å². The fourth-order valence-electron chi connectivity index (χ4n) is 6.65. The monoisotopic (exact) mass is 478 g/mol. The molecule has 3 aromatic heterocycles. The molecule has 1 spiro atoms. The van der Waals surface area contributed by atoms with Crippen LogP contribution in [0, 0.1) is 12.3 Å². The van der Waals surface area contributed by atoms with Crippen molar-refractivity contribution in [3.05, 3.63) is 88.2 Å². The van der Waals surface area contributed by atoms with E-state index in [2.05, 4.69) is 19.9 Å². The zero-order valence-corrected chi connectivity index (χ0v) is 19.9. The number of rotatable bonds is 4. The summed E-state index contributed by atoms with van der Waals surface area (Å²) in [5.74, 6) is -0.0857. The van der Waals surface area contributed by atoms with Crippen molar-refractivity contribution in [1.29, 1.82) is 0 Å². The van der Waals surface area contributed by atoms with Gasteiger partial charge in [0.05, 0.1) is 28.0 Å². The van der Waals surface area contributed by atoms with Gasteiger partial charge in [-0.15, -0.1) is 0 Å². The molecule has 8 heteroatoms. The van der Waals surface area contributed by atoms with Crippen LogP contribution < -0.4 is 11.3 Å². The molecule has 5 aromatic rings. The summed E-state index contributed by atoms with van der Waals surface area (Å²) in [6.45, 7) is 1.97. The molecule has 7 rings (SSSR count). The Kier molecular flexibility index (Phi) is 4.34. The van der Waals surface area contributed by atoms with Gasteiger partial charge in [-0.1, -0.05) is 30.3 Å². The Hall–Kier alpha value is -4.20. The number of para-hydroxylation sites is 1. The van der Waals surface area contributed by atoms with Gasteiger partial charge in [-0.05, 0) is 62.3 Å². The molecule has 1 amide bonds. The number of fused-ring (bicyclic) bond motifs is 2. The molecule has 36 heavy (non-hydrogen) atoms. The fraction of sp³-hybridized carbons (Fsp3) is 0.286. The van der Waals surface area contributed by atoms with E-state index >= 15 is 0 Å². The van der Waals surface area contributed by atoms with E-state index in [4.69, 9.17) is 5.73 Å². The fourth-order valence-corrected chi connectivity index (χ4v) is 6.65. The SMILES string of the molecule is Cc1ccn(-c2cccc3cc(C(N)=O)n(C4CC5(CC(c6n[nH]c(=O)c7ccccc67)C5)C4)c23)n1. The topological polar surface area (TPSA) is 112 Å². The van der Waals surface area contributed by atoms with E-state index in [1.54, 1.807) is 0 Å². The Labute approximate surface area is 206 Å². The maximum Gasteiger partial charge on any atom is 0.272 e. The second-order valence-electron chi connectivity index (χ2n) is 10.5. The van der Waals surface area contributed by atoms with E-state index in [9.17, 15) is 9.59 Å². The van der Waals surface area contributed by atoms with Gasteiger partial charge in [0.15, 0.2) is 0 Å². The zero-order chi connectivity index (χ0) is 24.6. The number of aromatic amines is 1. The van der Waals surface area contributed by atoms with Gasteiger partial charge >= 0.3 is 0 Å². The number of carbonyl (C=O) groups excluding carboxylic acids is 1. The van der Waals surface area contributed by atoms with E-state index in [-0.39, 0.29) is 17.0 Å². The van der Waals surface area contributed by atoms with Gasteiger partial charge in [0, 0.05) is 28.9 Å². The first-order valence-electron chi connectivity index (χ1n) is 12.4. The van der Waals surface area contributed by atoms with Crippen LogP contribution in [-0.4, -0.2) is 30.5 Å². The van der Waals surface area contributed by atoms with Crippen LogP contribution in [0.5, 0.6) is 0 Å². The molecule has 180 valence electrons. The van der Waals surface area contributed by atoms with Crippen molar-refractivity contribution in [2.24, 2.45) is 11.1 Å². The van der Waals surface area contributed by atoms with Crippen molar-refractivity contribution in [3.63, 3.8) is 0 Å². The van der Waals surface area contributed by atoms with Gasteiger partial charge in [0.2, 0.25) is 0 Å². The van der Waals surface area contributed by atoms with E-state index in [1.165, 1.54) is 0 Å². The maximum absolute atomic E-state index is 12.5. The number of aryl methyl sites for hydroxylation is 1. The van der Waals surface area contributed by atoms with Crippen molar-refractivity contribution >= 4 is 27.6 Å². The number of hydrogen-bond donors (Lipinski definition) is 2. The van der Waals surface area contributed by atoms with Crippen LogP contribution in [0.25, 0.3) is 27.4 Å². The molecular formula is C28H26N6O2. The molecule has 0 saturated heterocycles. The van der Waals surface area contributed by atoms with Crippen molar-refractivity contribution in [2.75, 3.05) is 0 Å². The zero-order valence-electron chi connectivity index (χ0n) is 19.9. The number of nitrogens with two attached hydrogens (primary N) is 1. The minimum absolute atomic E-state index is 0.145. The average molecular weight is 479 g/mol. The lowest BCUT2D eigenvalue weighted by molar-refractivity contribution is -0.0347. The number of carbonyl (C=O) groups is 1. The number of hydrogen-bond acceptors (Lipinski definition) is 4. The molecule has 0 atom stereocenters. The summed E-state index contributed by atoms with van der Waals surface area (Å²) in [4.78, 5) is 24.7. The first kappa shape index (κ1) is 21.1. The van der Waals surface area contributed by atoms with Gasteiger partial charge in [-0.3, -0.25) is 9.59 Å². The van der Waals surface area contributed by atoms with Crippen LogP contribution in [0.1, 0.15) is 59.5 Å². The van der Waals surface area contributed by atoms with Crippen LogP contribution in [0.2, 0.25) is 0 Å². The van der Waals surface area contributed by atoms with E-state index < -0.39 is 5.91 Å². The summed E-state index contributed by atoms with van der Waals surface area (Å²) >= 11 is 0. The lowest BCUT2D eigenvalue weighted by Gasteiger charge is -2.58. The van der Waals surface area contributed by atoms with Gasteiger partial charge in [0.1, 0.15) is 5.69 Å². The summed E-state index contributed by atoms with van der Waals surface area (Å²) in [6, 6.07) is 17.8. The van der Waals surface area contributed by atoms with E-state index in [0.717, 1.165) is 59.0 Å². The van der Waals surface area contributed by atoms with Crippen molar-refractivity contribution in [2.45, 2.75) is 44.6 Å². The number of benzene rings is 2. The average Bonchev–Trinajstić information content (AvgIpc) is 3.43. The molecule has 0 radical (unpaired) electrons. The Bertz CT molecular complexity index is 1730. The first-order valence-corrected chi connectivity index (χ1v) is 12.4. The second-order valence-corrected chi connectivity index (χ2v) is 10.5. The van der Waals surface area contributed by atoms with Gasteiger partial charge < -0.3 is 10.3 Å². The molecule has 2 aliphatic rings. The minimum atomic E-state index is -0.412. The highest BCUT2D eigenvalue weighted by molar-refractivity contribution is 6.00. The summed E-state index contributed by atoms with van der Waals surface area (Å²) < 4.78 is 4.02. The van der Waals surface area contributed by atoms with Gasteiger partial charge in [0.25, 0.3) is 11.5 Å². The number of nitrogens with zero attached hydrogens (tertiary/aromatic N) is 4. The molecule has 3 N–H and O–H groups in total. The molecule has 0 unspecified atom stereocenters. The number of H-pyrrole nitrogens is 1. The highest BCUT2D eigenvalue weighted by Gasteiger charge is 2.55. The van der Waals surface area contributed by atoms with Crippen molar-refractivity contribution in [1.82, 2.24) is 24.5 Å². The predicted molar refractivity (Wildman–Crippen MR) is 137 cm³/mol. The van der Waals surface area contributed by atoms with Crippen molar-refractivity contribution < 1.29 is 4.79 Å². The largest absolute Gasteiger partial charge is 0.364 e. The molecule has 2 fully saturated rings. The Morgan fingerprint density at radius 2 is 1.83 bits per heavy atom. The number of aromatic nitrogens is 5. The van der Waals surface area contributed by atoms with E-state index in [1.807, 2.05) is 72.4 Å². The van der Waals surface area contributed by atoms with E-state index in [0.29, 0.717) is 17.0 Å². The summed E-state index contributed by atoms with van der Waals surface area (Å²) in [6.07, 6.45) is 5.99. The maximum atomic E-state index is 12.5. The number of amides is 1. The van der Waals surface area contributed by atoms with Crippen LogP contribution in [0.15, 0.2) is 65.6 Å². The third-order valence-electron chi connectivity index (χ3n) is 8.23. The van der Waals surface area contributed by atoms with Crippen molar-refractivity contribution in [3.8, 4) is 5.69 Å². The number of nitrogens with one attached hydrogen (secondary N) is 1. The Balaban J connectivity index is 1.21. The number of primary amides is 1. The Morgan fingerprint density at radius 3 is 2.56 bits per heavy atom. The lowest BCUT2D eigenvalue weighted by Crippen LogP contribution is -2.48. The molecule has 0 aliphatic heterocycles. The standard InChI is InChI=1S/C28H26N6O2/c1-16-9-10-33(32-16)22-8-4-5-17-11-23(26(29)35)34(25(17)22)19-14-28(15-19)12-18(13-28)24-20-6-2-3-7-21(20)27(36)31-30-24/h2-11,18-19H,12-15H2,1H3,(H2,29,35)(H,31,36). The molecule has 3 heterocycles. The van der Waals surface area contributed by atoms with Crippen LogP contribution in [-0.2, 0) is 0 Å². The van der Waals surface area contributed by atoms with Gasteiger partial charge in [-0.25, -0.2) is 9.78 Å². The molecule has 0 bridgehead atoms. The quantitative estimate of drug-likeness (QED) is 0.399. The predicted octanol–water partition coefficient (Wildman–Crippen LogP) is 4.37. The molecule has 2 aliphatic carbocycles. The first-order chi connectivity index (χ1) is 17.4. The highest BCUT2D eigenvalue weighted by atomic mass is 16.1. The minimum Gasteiger partial charge on any atom is -0.364 e. The third kappa shape index (κ3) is 3.00. The van der Waals surface area contributed by atoms with Crippen LogP contribution in [0.4, 0.5) is 0 Å².